The molecule has 0 saturated carbocycles. The number of rotatable bonds is 6. The summed E-state index contributed by atoms with van der Waals surface area (Å²) in [6, 6.07) is 9.81. The Morgan fingerprint density at radius 2 is 1.70 bits per heavy atom. The van der Waals surface area contributed by atoms with Gasteiger partial charge in [-0.1, -0.05) is 51.1 Å². The molecule has 7 heteroatoms. The van der Waals surface area contributed by atoms with Crippen LogP contribution in [0.25, 0.3) is 0 Å². The lowest BCUT2D eigenvalue weighted by atomic mass is 9.91. The van der Waals surface area contributed by atoms with Gasteiger partial charge in [-0.25, -0.2) is 4.79 Å². The Balaban J connectivity index is 2.43. The van der Waals surface area contributed by atoms with Gasteiger partial charge in [0.15, 0.2) is 8.32 Å². The zero-order valence-corrected chi connectivity index (χ0v) is 22.9. The van der Waals surface area contributed by atoms with E-state index in [1.807, 2.05) is 39.0 Å². The number of likely N-dealkylation sites (tertiary alicyclic amines) is 1. The minimum absolute atomic E-state index is 0.0345. The molecule has 6 nitrogen and oxygen atoms in total. The van der Waals surface area contributed by atoms with Crippen molar-refractivity contribution in [3.63, 3.8) is 0 Å². The Morgan fingerprint density at radius 1 is 1.09 bits per heavy atom. The van der Waals surface area contributed by atoms with Gasteiger partial charge in [0.1, 0.15) is 11.7 Å². The molecule has 0 bridgehead atoms. The van der Waals surface area contributed by atoms with Crippen molar-refractivity contribution in [3.8, 4) is 0 Å². The molecule has 1 aromatic carbocycles. The molecule has 0 radical (unpaired) electrons. The largest absolute Gasteiger partial charge is 0.460 e. The van der Waals surface area contributed by atoms with Crippen LogP contribution in [0.3, 0.4) is 0 Å². The zero-order chi connectivity index (χ0) is 25.0. The van der Waals surface area contributed by atoms with E-state index >= 15 is 0 Å². The van der Waals surface area contributed by atoms with Crippen molar-refractivity contribution in [2.75, 3.05) is 6.54 Å². The van der Waals surface area contributed by atoms with Crippen molar-refractivity contribution in [1.29, 1.82) is 0 Å². The summed E-state index contributed by atoms with van der Waals surface area (Å²) in [6.07, 6.45) is 1.02. The maximum absolute atomic E-state index is 13.1. The molecule has 1 saturated heterocycles. The highest BCUT2D eigenvalue weighted by Crippen LogP contribution is 2.42. The van der Waals surface area contributed by atoms with Crippen LogP contribution in [0.15, 0.2) is 30.3 Å². The summed E-state index contributed by atoms with van der Waals surface area (Å²) in [5.74, 6) is -0.336. The van der Waals surface area contributed by atoms with Crippen LogP contribution >= 0.6 is 0 Å². The molecule has 1 heterocycles. The van der Waals surface area contributed by atoms with Gasteiger partial charge in [0.2, 0.25) is 0 Å². The summed E-state index contributed by atoms with van der Waals surface area (Å²) in [5.41, 5.74) is 0.463. The van der Waals surface area contributed by atoms with E-state index in [4.69, 9.17) is 13.9 Å². The van der Waals surface area contributed by atoms with Crippen LogP contribution in [0.5, 0.6) is 0 Å². The van der Waals surface area contributed by atoms with Gasteiger partial charge in [-0.15, -0.1) is 0 Å². The average Bonchev–Trinajstić information content (AvgIpc) is 2.66. The first kappa shape index (κ1) is 27.4. The SMILES string of the molecule is CC(=O)OC1CCCN(C(=O)OC(C)(C)C)C1CC(O[Si](C)(C)C(C)(C)C)c1ccccc1. The average molecular weight is 478 g/mol. The maximum Gasteiger partial charge on any atom is 0.410 e. The second-order valence-corrected chi connectivity index (χ2v) is 16.3. The predicted molar refractivity (Wildman–Crippen MR) is 134 cm³/mol. The fourth-order valence-electron chi connectivity index (χ4n) is 3.87. The van der Waals surface area contributed by atoms with Crippen molar-refractivity contribution in [2.24, 2.45) is 0 Å². The predicted octanol–water partition coefficient (Wildman–Crippen LogP) is 6.47. The number of nitrogens with zero attached hydrogens (tertiary/aromatic N) is 1. The Labute approximate surface area is 201 Å². The number of carbonyl (C=O) groups is 2. The van der Waals surface area contributed by atoms with Crippen LogP contribution in [0.1, 0.15) is 79.4 Å². The van der Waals surface area contributed by atoms with E-state index in [1.165, 1.54) is 6.92 Å². The second-order valence-electron chi connectivity index (χ2n) is 11.5. The number of carbonyl (C=O) groups excluding carboxylic acids is 2. The molecule has 0 N–H and O–H groups in total. The minimum atomic E-state index is -2.12. The molecule has 1 aliphatic heterocycles. The smallest absolute Gasteiger partial charge is 0.410 e. The zero-order valence-electron chi connectivity index (χ0n) is 21.9. The number of piperidine rings is 1. The molecule has 33 heavy (non-hydrogen) atoms. The number of benzene rings is 1. The van der Waals surface area contributed by atoms with E-state index in [1.54, 1.807) is 4.90 Å². The van der Waals surface area contributed by atoms with Gasteiger partial charge in [-0.3, -0.25) is 4.79 Å². The third-order valence-electron chi connectivity index (χ3n) is 6.53. The Kier molecular flexibility index (Phi) is 8.79. The first-order valence-electron chi connectivity index (χ1n) is 12.0. The van der Waals surface area contributed by atoms with Crippen LogP contribution in [0.2, 0.25) is 18.1 Å². The third-order valence-corrected chi connectivity index (χ3v) is 11.0. The quantitative estimate of drug-likeness (QED) is 0.347. The van der Waals surface area contributed by atoms with E-state index in [0.29, 0.717) is 19.4 Å². The Morgan fingerprint density at radius 3 is 2.21 bits per heavy atom. The molecule has 1 amide bonds. The van der Waals surface area contributed by atoms with E-state index in [2.05, 4.69) is 46.0 Å². The van der Waals surface area contributed by atoms with Gasteiger partial charge in [0.25, 0.3) is 0 Å². The summed E-state index contributed by atoms with van der Waals surface area (Å²) in [5, 5.41) is 0.0345. The molecule has 2 rings (SSSR count). The number of hydrogen-bond donors (Lipinski definition) is 0. The van der Waals surface area contributed by atoms with Crippen LogP contribution < -0.4 is 0 Å². The summed E-state index contributed by atoms with van der Waals surface area (Å²) >= 11 is 0. The monoisotopic (exact) mass is 477 g/mol. The molecule has 3 atom stereocenters. The van der Waals surface area contributed by atoms with Gasteiger partial charge in [-0.05, 0) is 57.3 Å². The summed E-state index contributed by atoms with van der Waals surface area (Å²) in [7, 11) is -2.12. The summed E-state index contributed by atoms with van der Waals surface area (Å²) in [4.78, 5) is 26.8. The molecule has 3 unspecified atom stereocenters. The van der Waals surface area contributed by atoms with E-state index in [0.717, 1.165) is 12.0 Å². The maximum atomic E-state index is 13.1. The van der Waals surface area contributed by atoms with Crippen molar-refractivity contribution >= 4 is 20.4 Å². The molecule has 1 aliphatic rings. The highest BCUT2D eigenvalue weighted by Gasteiger charge is 2.43. The molecule has 1 fully saturated rings. The highest BCUT2D eigenvalue weighted by molar-refractivity contribution is 6.74. The molecule has 186 valence electrons. The van der Waals surface area contributed by atoms with Gasteiger partial charge in [-0.2, -0.15) is 0 Å². The van der Waals surface area contributed by atoms with Gasteiger partial charge in [0, 0.05) is 19.9 Å². The lowest BCUT2D eigenvalue weighted by molar-refractivity contribution is -0.153. The minimum Gasteiger partial charge on any atom is -0.460 e. The first-order valence-corrected chi connectivity index (χ1v) is 14.9. The Hall–Kier alpha value is -1.86. The fraction of sp³-hybridized carbons (Fsp3) is 0.692. The second kappa shape index (κ2) is 10.6. The lowest BCUT2D eigenvalue weighted by Crippen LogP contribution is -2.54. The number of amides is 1. The third kappa shape index (κ3) is 7.85. The van der Waals surface area contributed by atoms with Crippen LogP contribution in [0.4, 0.5) is 4.79 Å². The molecule has 0 aliphatic carbocycles. The van der Waals surface area contributed by atoms with E-state index in [9.17, 15) is 9.59 Å². The number of hydrogen-bond acceptors (Lipinski definition) is 5. The van der Waals surface area contributed by atoms with Crippen LogP contribution in [-0.2, 0) is 18.7 Å². The van der Waals surface area contributed by atoms with Gasteiger partial charge in [0.05, 0.1) is 12.1 Å². The summed E-state index contributed by atoms with van der Waals surface area (Å²) < 4.78 is 18.3. The van der Waals surface area contributed by atoms with E-state index in [-0.39, 0.29) is 29.2 Å². The number of ether oxygens (including phenoxy) is 2. The number of esters is 1. The molecule has 1 aromatic rings. The lowest BCUT2D eigenvalue weighted by Gasteiger charge is -2.44. The van der Waals surface area contributed by atoms with Crippen LogP contribution in [0, 0.1) is 0 Å². The van der Waals surface area contributed by atoms with Crippen molar-refractivity contribution < 1.29 is 23.5 Å². The summed E-state index contributed by atoms with van der Waals surface area (Å²) in [6.45, 7) is 18.7. The molecule has 0 aromatic heterocycles. The first-order chi connectivity index (χ1) is 15.1. The van der Waals surface area contributed by atoms with Crippen molar-refractivity contribution in [1.82, 2.24) is 4.90 Å². The Bertz CT molecular complexity index is 797. The molecular formula is C26H43NO5Si. The topological polar surface area (TPSA) is 65.1 Å². The van der Waals surface area contributed by atoms with Crippen LogP contribution in [-0.4, -0.2) is 49.6 Å². The molecule has 0 spiro atoms. The standard InChI is InChI=1S/C26H43NO5Si/c1-19(28)30-22-16-13-17-27(24(29)31-25(2,3)4)21(22)18-23(20-14-11-10-12-15-20)32-33(8,9)26(5,6)7/h10-12,14-15,21-23H,13,16-18H2,1-9H3. The van der Waals surface area contributed by atoms with Crippen molar-refractivity contribution in [3.05, 3.63) is 35.9 Å². The van der Waals surface area contributed by atoms with E-state index < -0.39 is 20.0 Å². The van der Waals surface area contributed by atoms with Crippen molar-refractivity contribution in [2.45, 2.75) is 110 Å². The fourth-order valence-corrected chi connectivity index (χ4v) is 5.17. The van der Waals surface area contributed by atoms with Gasteiger partial charge >= 0.3 is 12.1 Å². The molecular weight excluding hydrogens is 434 g/mol. The van der Waals surface area contributed by atoms with Gasteiger partial charge < -0.3 is 18.8 Å². The highest BCUT2D eigenvalue weighted by atomic mass is 28.4. The normalized spacial score (nSPS) is 20.8.